The smallest absolute Gasteiger partial charge is 0.291 e. The third kappa shape index (κ3) is 103000. The molecule has 0 rings (SSSR count). The molecule has 0 heterocycles. The summed E-state index contributed by atoms with van der Waals surface area (Å²) < 4.78 is 0. The van der Waals surface area contributed by atoms with Crippen molar-refractivity contribution >= 4 is 29.6 Å². The van der Waals surface area contributed by atoms with Gasteiger partial charge in [0.05, 0.1) is 0 Å². The van der Waals surface area contributed by atoms with Crippen molar-refractivity contribution in [2.24, 2.45) is 0 Å². The molecule has 1 radical (unpaired) electrons. The van der Waals surface area contributed by atoms with Gasteiger partial charge in [-0.2, -0.15) is 0 Å². The number of nitrogens with zero attached hydrogens (tertiary/aromatic N) is 2. The summed E-state index contributed by atoms with van der Waals surface area (Å²) in [5, 5.41) is 27.3. The summed E-state index contributed by atoms with van der Waals surface area (Å²) in [5.41, 5.74) is 0. The zero-order valence-electron chi connectivity index (χ0n) is 4.74. The van der Waals surface area contributed by atoms with Crippen LogP contribution in [0.4, 0.5) is 0 Å². The maximum atomic E-state index is 8.36. The van der Waals surface area contributed by atoms with E-state index >= 15 is 0 Å². The number of rotatable bonds is 0. The molecule has 0 aliphatic rings. The van der Waals surface area contributed by atoms with Gasteiger partial charge < -0.3 is 10.4 Å². The number of hydrogen-bond donors (Lipinski definition) is 2. The van der Waals surface area contributed by atoms with Crippen LogP contribution in [0.25, 0.3) is 0 Å². The van der Waals surface area contributed by atoms with Gasteiger partial charge >= 0.3 is 0 Å². The summed E-state index contributed by atoms with van der Waals surface area (Å²) in [7, 11) is 0. The van der Waals surface area contributed by atoms with Gasteiger partial charge in [-0.25, -0.2) is 0 Å². The van der Waals surface area contributed by atoms with Crippen LogP contribution in [0.2, 0.25) is 0 Å². The monoisotopic (exact) mass is 255 g/mol. The van der Waals surface area contributed by atoms with Gasteiger partial charge in [-0.15, -0.1) is 20.2 Å². The van der Waals surface area contributed by atoms with Gasteiger partial charge in [0.2, 0.25) is 0 Å². The van der Waals surface area contributed by atoms with E-state index in [-0.39, 0.29) is 50.0 Å². The summed E-state index contributed by atoms with van der Waals surface area (Å²) in [6.07, 6.45) is 0. The summed E-state index contributed by atoms with van der Waals surface area (Å²) >= 11 is 0. The second-order valence-corrected chi connectivity index (χ2v) is 0.476. The molecule has 0 unspecified atom stereocenters. The summed E-state index contributed by atoms with van der Waals surface area (Å²) in [4.78, 5) is 16.7. The van der Waals surface area contributed by atoms with Crippen LogP contribution in [0.1, 0.15) is 0 Å². The second-order valence-electron chi connectivity index (χ2n) is 0.476. The van der Waals surface area contributed by atoms with Gasteiger partial charge in [-0.3, -0.25) is 0 Å². The Labute approximate surface area is 90.4 Å². The van der Waals surface area contributed by atoms with Crippen LogP contribution in [-0.4, -0.2) is 50.1 Å². The minimum Gasteiger partial charge on any atom is -0.328 e. The normalized spacial score (nSPS) is 4.80. The summed E-state index contributed by atoms with van der Waals surface area (Å²) in [5.74, 6) is 0. The predicted molar refractivity (Wildman–Crippen MR) is 23.3 cm³/mol. The second kappa shape index (κ2) is 16.0. The molecule has 0 spiro atoms. The van der Waals surface area contributed by atoms with Crippen molar-refractivity contribution in [3.63, 3.8) is 0 Å². The molecular formula is H2N2NaO6Pd. The Morgan fingerprint density at radius 3 is 1.00 bits per heavy atom. The molecule has 0 aromatic rings. The van der Waals surface area contributed by atoms with Crippen molar-refractivity contribution in [1.82, 2.24) is 0 Å². The van der Waals surface area contributed by atoms with Crippen LogP contribution in [0.15, 0.2) is 0 Å². The molecular weight excluding hydrogens is 253 g/mol. The molecule has 59 valence electrons. The van der Waals surface area contributed by atoms with E-state index in [1.807, 2.05) is 0 Å². The van der Waals surface area contributed by atoms with Crippen LogP contribution >= 0.6 is 0 Å². The first-order valence-electron chi connectivity index (χ1n) is 1.13. The SMILES string of the molecule is O=[N+]([O-])O.O=[N+]([O-])O.[Na].[Pd]. The van der Waals surface area contributed by atoms with E-state index in [4.69, 9.17) is 30.6 Å². The Bertz CT molecular complexity index is 73.7. The molecule has 10 heteroatoms. The molecule has 0 aliphatic carbocycles. The predicted octanol–water partition coefficient (Wildman–Crippen LogP) is -1.08. The molecule has 0 bridgehead atoms. The molecule has 10 heavy (non-hydrogen) atoms. The molecule has 0 aromatic heterocycles. The molecule has 0 atom stereocenters. The Kier molecular flexibility index (Phi) is 36.0. The molecule has 0 saturated heterocycles. The maximum absolute atomic E-state index is 8.36. The zero-order chi connectivity index (χ0) is 7.15. The van der Waals surface area contributed by atoms with Crippen LogP contribution in [0.3, 0.4) is 0 Å². The third-order valence-corrected chi connectivity index (χ3v) is 0. The Hall–Kier alpha value is 0.0623. The van der Waals surface area contributed by atoms with Crippen molar-refractivity contribution in [1.29, 1.82) is 0 Å². The van der Waals surface area contributed by atoms with E-state index in [0.717, 1.165) is 0 Å². The van der Waals surface area contributed by atoms with Crippen molar-refractivity contribution in [3.8, 4) is 0 Å². The standard InChI is InChI=1S/2HNO3.Na.Pd/c2*2-1(3)4;;/h2*(H,2,3,4);;. The van der Waals surface area contributed by atoms with Crippen molar-refractivity contribution < 1.29 is 41.0 Å². The van der Waals surface area contributed by atoms with Gasteiger partial charge in [0.15, 0.2) is 0 Å². The van der Waals surface area contributed by atoms with Gasteiger partial charge in [0.25, 0.3) is 10.2 Å². The minimum atomic E-state index is -1.50. The van der Waals surface area contributed by atoms with Crippen molar-refractivity contribution in [2.75, 3.05) is 0 Å². The van der Waals surface area contributed by atoms with E-state index in [1.54, 1.807) is 0 Å². The molecule has 0 fully saturated rings. The number of hydrogen-bond acceptors (Lipinski definition) is 4. The Balaban J connectivity index is -0.0000000300. The third-order valence-electron chi connectivity index (χ3n) is 0. The van der Waals surface area contributed by atoms with Crippen molar-refractivity contribution in [2.45, 2.75) is 0 Å². The van der Waals surface area contributed by atoms with Gasteiger partial charge in [-0.05, 0) is 0 Å². The maximum Gasteiger partial charge on any atom is 0.291 e. The first kappa shape index (κ1) is 22.5. The fourth-order valence-electron chi connectivity index (χ4n) is 0. The van der Waals surface area contributed by atoms with Gasteiger partial charge in [0, 0.05) is 50.0 Å². The average Bonchev–Trinajstić information content (AvgIpc) is 1.25. The molecule has 2 N–H and O–H groups in total. The van der Waals surface area contributed by atoms with Crippen LogP contribution in [0, 0.1) is 20.2 Å². The molecule has 0 saturated carbocycles. The molecule has 0 aliphatic heterocycles. The Morgan fingerprint density at radius 1 is 1.00 bits per heavy atom. The first-order valence-corrected chi connectivity index (χ1v) is 1.13. The average molecular weight is 255 g/mol. The van der Waals surface area contributed by atoms with E-state index in [1.165, 1.54) is 0 Å². The first-order chi connectivity index (χ1) is 3.46. The van der Waals surface area contributed by atoms with Crippen LogP contribution in [-0.2, 0) is 20.4 Å². The molecule has 0 aromatic carbocycles. The zero-order valence-corrected chi connectivity index (χ0v) is 8.29. The van der Waals surface area contributed by atoms with E-state index in [0.29, 0.717) is 0 Å². The fraction of sp³-hybridized carbons (Fsp3) is 0. The molecule has 0 amide bonds. The molecule has 8 nitrogen and oxygen atoms in total. The quantitative estimate of drug-likeness (QED) is 0.322. The van der Waals surface area contributed by atoms with E-state index < -0.39 is 10.2 Å². The van der Waals surface area contributed by atoms with Gasteiger partial charge in [0.1, 0.15) is 0 Å². The van der Waals surface area contributed by atoms with Gasteiger partial charge in [-0.1, -0.05) is 0 Å². The Morgan fingerprint density at radius 2 is 1.00 bits per heavy atom. The fourth-order valence-corrected chi connectivity index (χ4v) is 0. The minimum absolute atomic E-state index is 0. The van der Waals surface area contributed by atoms with E-state index in [9.17, 15) is 0 Å². The van der Waals surface area contributed by atoms with E-state index in [2.05, 4.69) is 0 Å². The summed E-state index contributed by atoms with van der Waals surface area (Å²) in [6, 6.07) is 0. The largest absolute Gasteiger partial charge is 0.328 e. The summed E-state index contributed by atoms with van der Waals surface area (Å²) in [6.45, 7) is 0. The van der Waals surface area contributed by atoms with Crippen LogP contribution < -0.4 is 0 Å². The van der Waals surface area contributed by atoms with Crippen molar-refractivity contribution in [3.05, 3.63) is 20.2 Å². The van der Waals surface area contributed by atoms with Crippen LogP contribution in [0.5, 0.6) is 0 Å². The topological polar surface area (TPSA) is 127 Å².